The van der Waals surface area contributed by atoms with E-state index in [2.05, 4.69) is 11.9 Å². The molecule has 84 valence electrons. The van der Waals surface area contributed by atoms with Crippen LogP contribution in [0, 0.1) is 0 Å². The number of rotatable bonds is 2. The van der Waals surface area contributed by atoms with Gasteiger partial charge in [0.1, 0.15) is 4.32 Å². The molecule has 2 rings (SSSR count). The van der Waals surface area contributed by atoms with Gasteiger partial charge >= 0.3 is 0 Å². The van der Waals surface area contributed by atoms with Crippen LogP contribution in [0.5, 0.6) is 0 Å². The van der Waals surface area contributed by atoms with Crippen LogP contribution in [-0.2, 0) is 4.79 Å². The van der Waals surface area contributed by atoms with Gasteiger partial charge in [0.05, 0.1) is 0 Å². The van der Waals surface area contributed by atoms with Crippen molar-refractivity contribution in [2.75, 3.05) is 12.3 Å². The van der Waals surface area contributed by atoms with Crippen LogP contribution in [0.15, 0.2) is 47.9 Å². The smallest absolute Gasteiger partial charge is 0.204 e. The predicted molar refractivity (Wildman–Crippen MR) is 73.0 cm³/mol. The van der Waals surface area contributed by atoms with E-state index < -0.39 is 10.0 Å². The topological polar surface area (TPSA) is 29.1 Å². The molecule has 1 aromatic rings. The molecule has 1 unspecified atom stereocenters. The molecule has 0 spiro atoms. The molecule has 0 saturated carbocycles. The molecule has 1 saturated heterocycles. The summed E-state index contributed by atoms with van der Waals surface area (Å²) in [5.41, 5.74) is 0. The monoisotopic (exact) mass is 251 g/mol. The van der Waals surface area contributed by atoms with E-state index in [9.17, 15) is 4.79 Å². The molecule has 1 atom stereocenters. The summed E-state index contributed by atoms with van der Waals surface area (Å²) < 4.78 is 0.698. The fourth-order valence-corrected chi connectivity index (χ4v) is 5.65. The van der Waals surface area contributed by atoms with Crippen molar-refractivity contribution >= 4 is 31.7 Å². The van der Waals surface area contributed by atoms with Crippen molar-refractivity contribution in [3.8, 4) is 0 Å². The lowest BCUT2D eigenvalue weighted by Gasteiger charge is -2.31. The van der Waals surface area contributed by atoms with Crippen molar-refractivity contribution < 1.29 is 4.79 Å². The third-order valence-electron chi connectivity index (χ3n) is 2.65. The average Bonchev–Trinajstić information content (AvgIpc) is 2.72. The Hall–Kier alpha value is -1.13. The van der Waals surface area contributed by atoms with Gasteiger partial charge in [0.25, 0.3) is 0 Å². The molecule has 0 radical (unpaired) electrons. The highest BCUT2D eigenvalue weighted by Gasteiger charge is 2.40. The second-order valence-corrected chi connectivity index (χ2v) is 7.33. The molecule has 4 heteroatoms. The molecular weight excluding hydrogens is 238 g/mol. The molecule has 1 N–H and O–H groups in total. The predicted octanol–water partition coefficient (Wildman–Crippen LogP) is 2.45. The van der Waals surface area contributed by atoms with E-state index >= 15 is 0 Å². The van der Waals surface area contributed by atoms with Crippen LogP contribution >= 0.6 is 22.2 Å². The Morgan fingerprint density at radius 3 is 2.62 bits per heavy atom. The first kappa shape index (κ1) is 11.4. The van der Waals surface area contributed by atoms with Crippen molar-refractivity contribution in [2.45, 2.75) is 4.90 Å². The molecule has 16 heavy (non-hydrogen) atoms. The van der Waals surface area contributed by atoms with Gasteiger partial charge in [-0.15, -0.1) is 0 Å². The van der Waals surface area contributed by atoms with Crippen molar-refractivity contribution in [3.63, 3.8) is 0 Å². The Kier molecular flexibility index (Phi) is 3.12. The van der Waals surface area contributed by atoms with E-state index in [1.54, 1.807) is 0 Å². The summed E-state index contributed by atoms with van der Waals surface area (Å²) in [6.07, 6.45) is 1.40. The van der Waals surface area contributed by atoms with Crippen molar-refractivity contribution in [3.05, 3.63) is 43.0 Å². The van der Waals surface area contributed by atoms with E-state index in [1.807, 2.05) is 30.3 Å². The van der Waals surface area contributed by atoms with Gasteiger partial charge in [-0.25, -0.2) is 0 Å². The van der Waals surface area contributed by atoms with E-state index in [0.29, 0.717) is 4.32 Å². The van der Waals surface area contributed by atoms with Gasteiger partial charge in [-0.2, -0.15) is 0 Å². The second-order valence-electron chi connectivity index (χ2n) is 3.49. The zero-order chi connectivity index (χ0) is 11.6. The van der Waals surface area contributed by atoms with E-state index in [4.69, 9.17) is 12.2 Å². The SMILES string of the molecule is C=CC(=O)S1(c2ccccc2)CCNC1=S. The lowest BCUT2D eigenvalue weighted by atomic mass is 10.4. The standard InChI is InChI=1S/C12H13NOS2/c1-2-11(14)16(9-8-13-12(16)15)10-6-4-3-5-7-10/h2-7H,1,8-9H2,(H,13,15). The van der Waals surface area contributed by atoms with Crippen LogP contribution in [0.4, 0.5) is 0 Å². The van der Waals surface area contributed by atoms with Gasteiger partial charge in [0.2, 0.25) is 5.12 Å². The fraction of sp³-hybridized carbons (Fsp3) is 0.167. The van der Waals surface area contributed by atoms with Crippen LogP contribution in [0.2, 0.25) is 0 Å². The van der Waals surface area contributed by atoms with Gasteiger partial charge in [-0.05, 0) is 18.2 Å². The number of hydrogen-bond donors (Lipinski definition) is 1. The summed E-state index contributed by atoms with van der Waals surface area (Å²) in [4.78, 5) is 13.2. The summed E-state index contributed by atoms with van der Waals surface area (Å²) in [6.45, 7) is 4.37. The van der Waals surface area contributed by atoms with Crippen molar-refractivity contribution in [1.29, 1.82) is 0 Å². The summed E-state index contributed by atoms with van der Waals surface area (Å²) >= 11 is 5.33. The first-order chi connectivity index (χ1) is 7.71. The normalized spacial score (nSPS) is 27.9. The third kappa shape index (κ3) is 1.58. The average molecular weight is 251 g/mol. The van der Waals surface area contributed by atoms with Crippen molar-refractivity contribution in [2.24, 2.45) is 0 Å². The Morgan fingerprint density at radius 1 is 1.44 bits per heavy atom. The lowest BCUT2D eigenvalue weighted by molar-refractivity contribution is -0.107. The lowest BCUT2D eigenvalue weighted by Crippen LogP contribution is -2.20. The zero-order valence-corrected chi connectivity index (χ0v) is 10.4. The number of benzene rings is 1. The van der Waals surface area contributed by atoms with Crippen LogP contribution in [0.1, 0.15) is 0 Å². The highest BCUT2D eigenvalue weighted by Crippen LogP contribution is 2.59. The molecule has 1 aromatic carbocycles. The molecule has 0 bridgehead atoms. The molecule has 1 fully saturated rings. The highest BCUT2D eigenvalue weighted by atomic mass is 32.3. The largest absolute Gasteiger partial charge is 0.371 e. The van der Waals surface area contributed by atoms with Crippen LogP contribution in [0.25, 0.3) is 0 Å². The van der Waals surface area contributed by atoms with Crippen LogP contribution in [-0.4, -0.2) is 21.7 Å². The number of carbonyl (C=O) groups excluding carboxylic acids is 1. The summed E-state index contributed by atoms with van der Waals surface area (Å²) in [5.74, 6) is 0.792. The highest BCUT2D eigenvalue weighted by molar-refractivity contribution is 8.59. The molecule has 0 aromatic heterocycles. The number of thiocarbonyl (C=S) groups is 1. The Balaban J connectivity index is 2.55. The number of carbonyl (C=O) groups is 1. The third-order valence-corrected chi connectivity index (χ3v) is 7.17. The zero-order valence-electron chi connectivity index (χ0n) is 8.81. The maximum absolute atomic E-state index is 12.1. The Morgan fingerprint density at radius 2 is 2.12 bits per heavy atom. The minimum atomic E-state index is -1.68. The quantitative estimate of drug-likeness (QED) is 0.646. The molecule has 0 aliphatic carbocycles. The minimum absolute atomic E-state index is 0.0636. The Bertz CT molecular complexity index is 444. The van der Waals surface area contributed by atoms with Gasteiger partial charge < -0.3 is 5.32 Å². The van der Waals surface area contributed by atoms with Crippen molar-refractivity contribution in [1.82, 2.24) is 5.32 Å². The van der Waals surface area contributed by atoms with Gasteiger partial charge in [-0.3, -0.25) is 4.79 Å². The molecule has 1 aliphatic rings. The molecule has 2 nitrogen and oxygen atoms in total. The van der Waals surface area contributed by atoms with E-state index in [1.165, 1.54) is 6.08 Å². The van der Waals surface area contributed by atoms with Crippen LogP contribution < -0.4 is 5.32 Å². The number of nitrogens with one attached hydrogen (secondary N) is 1. The Labute approximate surface area is 102 Å². The number of hydrogen-bond acceptors (Lipinski definition) is 2. The minimum Gasteiger partial charge on any atom is -0.371 e. The molecule has 1 aliphatic heterocycles. The van der Waals surface area contributed by atoms with E-state index in [0.717, 1.165) is 17.2 Å². The van der Waals surface area contributed by atoms with Crippen LogP contribution in [0.3, 0.4) is 0 Å². The van der Waals surface area contributed by atoms with Gasteiger partial charge in [0, 0.05) is 17.2 Å². The second kappa shape index (κ2) is 4.39. The van der Waals surface area contributed by atoms with E-state index in [-0.39, 0.29) is 5.12 Å². The fourth-order valence-electron chi connectivity index (χ4n) is 1.85. The molecule has 0 amide bonds. The van der Waals surface area contributed by atoms with Gasteiger partial charge in [-0.1, -0.05) is 47.0 Å². The van der Waals surface area contributed by atoms with Gasteiger partial charge in [0.15, 0.2) is 0 Å². The maximum atomic E-state index is 12.1. The summed E-state index contributed by atoms with van der Waals surface area (Å²) in [7, 11) is -1.68. The maximum Gasteiger partial charge on any atom is 0.204 e. The first-order valence-electron chi connectivity index (χ1n) is 5.02. The summed E-state index contributed by atoms with van der Waals surface area (Å²) in [5, 5.41) is 3.19. The first-order valence-corrected chi connectivity index (χ1v) is 7.23. The summed E-state index contributed by atoms with van der Waals surface area (Å²) in [6, 6.07) is 9.80. The molecule has 1 heterocycles. The molecular formula is C12H13NOS2.